The summed E-state index contributed by atoms with van der Waals surface area (Å²) in [6, 6.07) is 8.24. The number of ether oxygens (including phenoxy) is 1. The highest BCUT2D eigenvalue weighted by molar-refractivity contribution is 6.00. The van der Waals surface area contributed by atoms with Crippen molar-refractivity contribution in [3.8, 4) is 11.1 Å². The first-order valence-corrected chi connectivity index (χ1v) is 8.04. The Morgan fingerprint density at radius 2 is 2.17 bits per heavy atom. The first kappa shape index (κ1) is 15.7. The number of carbonyl (C=O) groups is 1. The normalized spacial score (nSPS) is 14.9. The summed E-state index contributed by atoms with van der Waals surface area (Å²) in [4.78, 5) is 18.8. The molecule has 2 heterocycles. The molecule has 23 heavy (non-hydrogen) atoms. The van der Waals surface area contributed by atoms with E-state index >= 15 is 0 Å². The number of carbonyl (C=O) groups excluding carboxylic acids is 1. The van der Waals surface area contributed by atoms with Gasteiger partial charge in [0.2, 0.25) is 0 Å². The van der Waals surface area contributed by atoms with Gasteiger partial charge in [-0.15, -0.1) is 0 Å². The van der Waals surface area contributed by atoms with Crippen LogP contribution >= 0.6 is 0 Å². The lowest BCUT2D eigenvalue weighted by Crippen LogP contribution is -2.36. The molecular formula is C19H22N2O2. The van der Waals surface area contributed by atoms with Crippen LogP contribution in [0.25, 0.3) is 11.1 Å². The summed E-state index contributed by atoms with van der Waals surface area (Å²) >= 11 is 0. The van der Waals surface area contributed by atoms with Crippen LogP contribution in [0.2, 0.25) is 0 Å². The number of hydrogen-bond acceptors (Lipinski definition) is 3. The van der Waals surface area contributed by atoms with Crippen LogP contribution in [-0.4, -0.2) is 35.0 Å². The fraction of sp³-hybridized carbons (Fsp3) is 0.368. The molecule has 3 rings (SSSR count). The first-order chi connectivity index (χ1) is 11.1. The van der Waals surface area contributed by atoms with Crippen LogP contribution in [0.5, 0.6) is 0 Å². The van der Waals surface area contributed by atoms with E-state index in [1.165, 1.54) is 0 Å². The second kappa shape index (κ2) is 6.50. The van der Waals surface area contributed by atoms with E-state index in [-0.39, 0.29) is 11.9 Å². The minimum atomic E-state index is 0.0797. The van der Waals surface area contributed by atoms with E-state index in [1.54, 1.807) is 6.20 Å². The van der Waals surface area contributed by atoms with E-state index in [9.17, 15) is 4.79 Å². The summed E-state index contributed by atoms with van der Waals surface area (Å²) < 4.78 is 5.48. The summed E-state index contributed by atoms with van der Waals surface area (Å²) in [6.45, 7) is 7.91. The Hall–Kier alpha value is -2.20. The lowest BCUT2D eigenvalue weighted by molar-refractivity contribution is 0.0514. The molecule has 2 aromatic rings. The van der Waals surface area contributed by atoms with Gasteiger partial charge in [-0.05, 0) is 49.6 Å². The van der Waals surface area contributed by atoms with E-state index in [4.69, 9.17) is 4.74 Å². The standard InChI is InChI=1S/C19H22N2O2/c1-4-23-12-14(3)21-11-17-9-16(15-6-5-7-20-10-15)8-13(2)18(17)19(21)22/h5-10,14H,4,11-12H2,1-3H3. The van der Waals surface area contributed by atoms with Crippen LogP contribution in [-0.2, 0) is 11.3 Å². The van der Waals surface area contributed by atoms with Crippen molar-refractivity contribution in [3.05, 3.63) is 53.3 Å². The molecule has 0 N–H and O–H groups in total. The lowest BCUT2D eigenvalue weighted by atomic mass is 9.97. The maximum atomic E-state index is 12.7. The van der Waals surface area contributed by atoms with E-state index < -0.39 is 0 Å². The Balaban J connectivity index is 1.91. The zero-order valence-corrected chi connectivity index (χ0v) is 13.9. The Morgan fingerprint density at radius 1 is 1.35 bits per heavy atom. The average Bonchev–Trinajstić information content (AvgIpc) is 2.91. The Labute approximate surface area is 137 Å². The highest BCUT2D eigenvalue weighted by Gasteiger charge is 2.32. The van der Waals surface area contributed by atoms with Crippen molar-refractivity contribution in [2.45, 2.75) is 33.4 Å². The van der Waals surface area contributed by atoms with Crippen molar-refractivity contribution in [2.24, 2.45) is 0 Å². The van der Waals surface area contributed by atoms with Gasteiger partial charge in [0, 0.05) is 36.7 Å². The molecule has 1 amide bonds. The third-order valence-electron chi connectivity index (χ3n) is 4.32. The number of pyridine rings is 1. The third-order valence-corrected chi connectivity index (χ3v) is 4.32. The number of amides is 1. The quantitative estimate of drug-likeness (QED) is 0.849. The predicted molar refractivity (Wildman–Crippen MR) is 90.2 cm³/mol. The van der Waals surface area contributed by atoms with Crippen molar-refractivity contribution in [1.29, 1.82) is 0 Å². The van der Waals surface area contributed by atoms with E-state index in [1.807, 2.05) is 44.0 Å². The van der Waals surface area contributed by atoms with Crippen molar-refractivity contribution >= 4 is 5.91 Å². The van der Waals surface area contributed by atoms with Crippen LogP contribution < -0.4 is 0 Å². The van der Waals surface area contributed by atoms with Gasteiger partial charge >= 0.3 is 0 Å². The molecule has 1 unspecified atom stereocenters. The topological polar surface area (TPSA) is 42.4 Å². The van der Waals surface area contributed by atoms with Crippen molar-refractivity contribution in [1.82, 2.24) is 9.88 Å². The highest BCUT2D eigenvalue weighted by atomic mass is 16.5. The van der Waals surface area contributed by atoms with Crippen LogP contribution in [0.4, 0.5) is 0 Å². The van der Waals surface area contributed by atoms with Crippen LogP contribution in [0.3, 0.4) is 0 Å². The summed E-state index contributed by atoms with van der Waals surface area (Å²) in [6.07, 6.45) is 3.62. The molecule has 0 bridgehead atoms. The zero-order valence-electron chi connectivity index (χ0n) is 13.9. The largest absolute Gasteiger partial charge is 0.380 e. The van der Waals surface area contributed by atoms with Crippen LogP contribution in [0.15, 0.2) is 36.7 Å². The van der Waals surface area contributed by atoms with Gasteiger partial charge in [-0.2, -0.15) is 0 Å². The van der Waals surface area contributed by atoms with Crippen molar-refractivity contribution in [3.63, 3.8) is 0 Å². The van der Waals surface area contributed by atoms with Crippen LogP contribution in [0.1, 0.15) is 35.3 Å². The van der Waals surface area contributed by atoms with Crippen molar-refractivity contribution in [2.75, 3.05) is 13.2 Å². The van der Waals surface area contributed by atoms with Gasteiger partial charge in [0.05, 0.1) is 12.6 Å². The number of fused-ring (bicyclic) bond motifs is 1. The van der Waals surface area contributed by atoms with E-state index in [0.29, 0.717) is 19.8 Å². The summed E-state index contributed by atoms with van der Waals surface area (Å²) in [5, 5.41) is 0. The molecule has 1 aromatic heterocycles. The molecule has 1 atom stereocenters. The second-order valence-corrected chi connectivity index (χ2v) is 6.01. The Kier molecular flexibility index (Phi) is 4.44. The Bertz CT molecular complexity index is 713. The maximum absolute atomic E-state index is 12.7. The fourth-order valence-electron chi connectivity index (χ4n) is 3.12. The molecular weight excluding hydrogens is 288 g/mol. The van der Waals surface area contributed by atoms with Crippen molar-refractivity contribution < 1.29 is 9.53 Å². The number of rotatable bonds is 5. The summed E-state index contributed by atoms with van der Waals surface area (Å²) in [5.41, 5.74) is 5.16. The molecule has 0 spiro atoms. The first-order valence-electron chi connectivity index (χ1n) is 8.04. The molecule has 1 aliphatic heterocycles. The van der Waals surface area contributed by atoms with E-state index in [2.05, 4.69) is 17.1 Å². The van der Waals surface area contributed by atoms with E-state index in [0.717, 1.165) is 27.8 Å². The molecule has 1 aromatic carbocycles. The fourth-order valence-corrected chi connectivity index (χ4v) is 3.12. The molecule has 4 nitrogen and oxygen atoms in total. The number of benzene rings is 1. The lowest BCUT2D eigenvalue weighted by Gasteiger charge is -2.23. The van der Waals surface area contributed by atoms with Gasteiger partial charge in [-0.3, -0.25) is 9.78 Å². The predicted octanol–water partition coefficient (Wildman–Crippen LogP) is 3.44. The highest BCUT2D eigenvalue weighted by Crippen LogP contribution is 2.32. The SMILES string of the molecule is CCOCC(C)N1Cc2cc(-c3cccnc3)cc(C)c2C1=O. The molecule has 0 saturated heterocycles. The molecule has 0 fully saturated rings. The van der Waals surface area contributed by atoms with Gasteiger partial charge in [0.15, 0.2) is 0 Å². The second-order valence-electron chi connectivity index (χ2n) is 6.01. The number of hydrogen-bond donors (Lipinski definition) is 0. The zero-order chi connectivity index (χ0) is 16.4. The number of aryl methyl sites for hydroxylation is 1. The smallest absolute Gasteiger partial charge is 0.255 e. The molecule has 120 valence electrons. The van der Waals surface area contributed by atoms with Crippen LogP contribution in [0, 0.1) is 6.92 Å². The van der Waals surface area contributed by atoms with Gasteiger partial charge < -0.3 is 9.64 Å². The molecule has 1 aliphatic rings. The molecule has 4 heteroatoms. The monoisotopic (exact) mass is 310 g/mol. The van der Waals surface area contributed by atoms with Gasteiger partial charge in [-0.1, -0.05) is 12.1 Å². The minimum Gasteiger partial charge on any atom is -0.380 e. The maximum Gasteiger partial charge on any atom is 0.255 e. The third kappa shape index (κ3) is 2.99. The molecule has 0 radical (unpaired) electrons. The Morgan fingerprint density at radius 3 is 2.87 bits per heavy atom. The molecule has 0 aliphatic carbocycles. The summed E-state index contributed by atoms with van der Waals surface area (Å²) in [7, 11) is 0. The van der Waals surface area contributed by atoms with Gasteiger partial charge in [-0.25, -0.2) is 0 Å². The van der Waals surface area contributed by atoms with Gasteiger partial charge in [0.1, 0.15) is 0 Å². The summed E-state index contributed by atoms with van der Waals surface area (Å²) in [5.74, 6) is 0.113. The molecule has 0 saturated carbocycles. The number of aromatic nitrogens is 1. The average molecular weight is 310 g/mol. The number of nitrogens with zero attached hydrogens (tertiary/aromatic N) is 2. The van der Waals surface area contributed by atoms with Gasteiger partial charge in [0.25, 0.3) is 5.91 Å². The minimum absolute atomic E-state index is 0.0797.